The van der Waals surface area contributed by atoms with E-state index in [0.717, 1.165) is 25.0 Å². The molecule has 0 spiro atoms. The van der Waals surface area contributed by atoms with Crippen molar-refractivity contribution in [2.24, 2.45) is 11.8 Å². The highest BCUT2D eigenvalue weighted by molar-refractivity contribution is 5.85. The van der Waals surface area contributed by atoms with Gasteiger partial charge in [0.05, 0.1) is 0 Å². The molecule has 2 nitrogen and oxygen atoms in total. The number of ether oxygens (including phenoxy) is 1. The molecule has 0 saturated carbocycles. The Morgan fingerprint density at radius 3 is 2.36 bits per heavy atom. The van der Waals surface area contributed by atoms with Crippen molar-refractivity contribution >= 4 is 12.4 Å². The lowest BCUT2D eigenvalue weighted by Crippen LogP contribution is -2.27. The maximum absolute atomic E-state index is 5.38. The van der Waals surface area contributed by atoms with Crippen LogP contribution in [0, 0.1) is 11.8 Å². The molecule has 1 unspecified atom stereocenters. The van der Waals surface area contributed by atoms with E-state index < -0.39 is 0 Å². The molecular weight excluding hydrogens is 198 g/mol. The maximum Gasteiger partial charge on any atom is 0.0495 e. The van der Waals surface area contributed by atoms with Crippen LogP contribution in [-0.2, 0) is 4.74 Å². The number of hydrogen-bond acceptors (Lipinski definition) is 2. The molecule has 0 aromatic heterocycles. The number of halogens is 1. The van der Waals surface area contributed by atoms with Crippen LogP contribution in [0.25, 0.3) is 0 Å². The molecule has 14 heavy (non-hydrogen) atoms. The molecule has 0 aromatic carbocycles. The molecule has 0 radical (unpaired) electrons. The van der Waals surface area contributed by atoms with Crippen LogP contribution in [0.4, 0.5) is 0 Å². The van der Waals surface area contributed by atoms with E-state index in [2.05, 4.69) is 5.32 Å². The second kappa shape index (κ2) is 6.65. The van der Waals surface area contributed by atoms with Gasteiger partial charge in [-0.3, -0.25) is 0 Å². The third-order valence-electron chi connectivity index (χ3n) is 3.47. The molecule has 2 saturated heterocycles. The van der Waals surface area contributed by atoms with E-state index in [4.69, 9.17) is 4.74 Å². The smallest absolute Gasteiger partial charge is 0.0495 e. The van der Waals surface area contributed by atoms with Gasteiger partial charge < -0.3 is 10.1 Å². The second-order valence-corrected chi connectivity index (χ2v) is 4.50. The van der Waals surface area contributed by atoms with Gasteiger partial charge in [-0.15, -0.1) is 12.4 Å². The minimum absolute atomic E-state index is 0. The van der Waals surface area contributed by atoms with Crippen molar-refractivity contribution in [1.82, 2.24) is 5.32 Å². The Morgan fingerprint density at radius 1 is 1.00 bits per heavy atom. The Labute approximate surface area is 93.2 Å². The van der Waals surface area contributed by atoms with Crippen LogP contribution in [-0.4, -0.2) is 26.3 Å². The highest BCUT2D eigenvalue weighted by Crippen LogP contribution is 2.24. The van der Waals surface area contributed by atoms with Crippen molar-refractivity contribution in [2.75, 3.05) is 26.3 Å². The third-order valence-corrected chi connectivity index (χ3v) is 3.47. The molecule has 0 aromatic rings. The Morgan fingerprint density at radius 2 is 1.71 bits per heavy atom. The fourth-order valence-electron chi connectivity index (χ4n) is 2.45. The summed E-state index contributed by atoms with van der Waals surface area (Å²) in [5.74, 6) is 1.89. The topological polar surface area (TPSA) is 21.3 Å². The zero-order valence-corrected chi connectivity index (χ0v) is 9.65. The SMILES string of the molecule is C1CC(CCC2CCOC2)CCN1.Cl. The second-order valence-electron chi connectivity index (χ2n) is 4.50. The third kappa shape index (κ3) is 3.76. The molecule has 2 aliphatic rings. The molecular formula is C11H22ClNO. The van der Waals surface area contributed by atoms with Crippen molar-refractivity contribution < 1.29 is 4.74 Å². The molecule has 0 amide bonds. The average molecular weight is 220 g/mol. The molecule has 2 fully saturated rings. The molecule has 1 N–H and O–H groups in total. The van der Waals surface area contributed by atoms with E-state index >= 15 is 0 Å². The number of rotatable bonds is 3. The summed E-state index contributed by atoms with van der Waals surface area (Å²) >= 11 is 0. The van der Waals surface area contributed by atoms with Crippen molar-refractivity contribution in [2.45, 2.75) is 32.1 Å². The Bertz CT molecular complexity index is 142. The summed E-state index contributed by atoms with van der Waals surface area (Å²) in [6, 6.07) is 0. The monoisotopic (exact) mass is 219 g/mol. The van der Waals surface area contributed by atoms with Gasteiger partial charge in [-0.2, -0.15) is 0 Å². The van der Waals surface area contributed by atoms with Crippen LogP contribution in [0.2, 0.25) is 0 Å². The lowest BCUT2D eigenvalue weighted by atomic mass is 9.89. The quantitative estimate of drug-likeness (QED) is 0.786. The van der Waals surface area contributed by atoms with Crippen LogP contribution in [0.3, 0.4) is 0 Å². The van der Waals surface area contributed by atoms with Gasteiger partial charge in [0, 0.05) is 13.2 Å². The Hall–Kier alpha value is 0.210. The van der Waals surface area contributed by atoms with Crippen LogP contribution < -0.4 is 5.32 Å². The first-order valence-corrected chi connectivity index (χ1v) is 5.73. The predicted octanol–water partition coefficient (Wildman–Crippen LogP) is 2.22. The van der Waals surface area contributed by atoms with Crippen molar-refractivity contribution in [3.8, 4) is 0 Å². The fraction of sp³-hybridized carbons (Fsp3) is 1.00. The average Bonchev–Trinajstić information content (AvgIpc) is 2.69. The minimum Gasteiger partial charge on any atom is -0.381 e. The van der Waals surface area contributed by atoms with Crippen LogP contribution in [0.5, 0.6) is 0 Å². The molecule has 84 valence electrons. The van der Waals surface area contributed by atoms with E-state index in [1.54, 1.807) is 0 Å². The summed E-state index contributed by atoms with van der Waals surface area (Å²) in [6.45, 7) is 4.53. The molecule has 1 atom stereocenters. The van der Waals surface area contributed by atoms with Gasteiger partial charge in [-0.05, 0) is 50.6 Å². The van der Waals surface area contributed by atoms with E-state index in [-0.39, 0.29) is 12.4 Å². The van der Waals surface area contributed by atoms with E-state index in [9.17, 15) is 0 Å². The first-order chi connectivity index (χ1) is 6.45. The largest absolute Gasteiger partial charge is 0.381 e. The fourth-order valence-corrected chi connectivity index (χ4v) is 2.45. The first kappa shape index (κ1) is 12.3. The standard InChI is InChI=1S/C11H21NO.ClH/c1(2-11-5-8-13-9-11)10-3-6-12-7-4-10;/h10-12H,1-9H2;1H. The minimum atomic E-state index is 0. The molecule has 3 heteroatoms. The molecule has 2 heterocycles. The summed E-state index contributed by atoms with van der Waals surface area (Å²) in [5, 5.41) is 3.42. The zero-order chi connectivity index (χ0) is 8.93. The van der Waals surface area contributed by atoms with Gasteiger partial charge >= 0.3 is 0 Å². The van der Waals surface area contributed by atoms with Crippen LogP contribution in [0.1, 0.15) is 32.1 Å². The van der Waals surface area contributed by atoms with Crippen LogP contribution in [0.15, 0.2) is 0 Å². The Kier molecular flexibility index (Phi) is 5.83. The Balaban J connectivity index is 0.000000980. The molecule has 2 aliphatic heterocycles. The maximum atomic E-state index is 5.38. The first-order valence-electron chi connectivity index (χ1n) is 5.73. The van der Waals surface area contributed by atoms with Crippen LogP contribution >= 0.6 is 12.4 Å². The lowest BCUT2D eigenvalue weighted by Gasteiger charge is -2.23. The van der Waals surface area contributed by atoms with Crippen molar-refractivity contribution in [3.05, 3.63) is 0 Å². The van der Waals surface area contributed by atoms with Gasteiger partial charge in [0.2, 0.25) is 0 Å². The zero-order valence-electron chi connectivity index (χ0n) is 8.84. The van der Waals surface area contributed by atoms with Gasteiger partial charge in [0.15, 0.2) is 0 Å². The lowest BCUT2D eigenvalue weighted by molar-refractivity contribution is 0.181. The van der Waals surface area contributed by atoms with E-state index in [1.165, 1.54) is 45.2 Å². The summed E-state index contributed by atoms with van der Waals surface area (Å²) in [4.78, 5) is 0. The van der Waals surface area contributed by atoms with Gasteiger partial charge in [0.25, 0.3) is 0 Å². The van der Waals surface area contributed by atoms with E-state index in [0.29, 0.717) is 0 Å². The van der Waals surface area contributed by atoms with Crippen molar-refractivity contribution in [3.63, 3.8) is 0 Å². The number of nitrogens with one attached hydrogen (secondary N) is 1. The molecule has 0 bridgehead atoms. The van der Waals surface area contributed by atoms with E-state index in [1.807, 2.05) is 0 Å². The molecule has 2 rings (SSSR count). The summed E-state index contributed by atoms with van der Waals surface area (Å²) < 4.78 is 5.38. The van der Waals surface area contributed by atoms with Gasteiger partial charge in [-0.1, -0.05) is 6.42 Å². The summed E-state index contributed by atoms with van der Waals surface area (Å²) in [6.07, 6.45) is 6.95. The summed E-state index contributed by atoms with van der Waals surface area (Å²) in [7, 11) is 0. The van der Waals surface area contributed by atoms with Crippen molar-refractivity contribution in [1.29, 1.82) is 0 Å². The summed E-state index contributed by atoms with van der Waals surface area (Å²) in [5.41, 5.74) is 0. The van der Waals surface area contributed by atoms with Gasteiger partial charge in [0.1, 0.15) is 0 Å². The highest BCUT2D eigenvalue weighted by atomic mass is 35.5. The highest BCUT2D eigenvalue weighted by Gasteiger charge is 2.18. The number of hydrogen-bond donors (Lipinski definition) is 1. The normalized spacial score (nSPS) is 28.7. The predicted molar refractivity (Wildman–Crippen MR) is 61.0 cm³/mol. The molecule has 0 aliphatic carbocycles. The number of piperidine rings is 1. The van der Waals surface area contributed by atoms with Gasteiger partial charge in [-0.25, -0.2) is 0 Å².